The number of rotatable bonds is 2. The number of anilines is 1. The molecular weight excluding hydrogens is 343 g/mol. The third-order valence-electron chi connectivity index (χ3n) is 5.32. The van der Waals surface area contributed by atoms with Crippen LogP contribution in [-0.2, 0) is 0 Å². The highest BCUT2D eigenvalue weighted by atomic mass is 19.1. The quantitative estimate of drug-likeness (QED) is 0.824. The summed E-state index contributed by atoms with van der Waals surface area (Å²) >= 11 is 0. The van der Waals surface area contributed by atoms with Gasteiger partial charge in [-0.05, 0) is 43.0 Å². The molecule has 0 aliphatic carbocycles. The lowest BCUT2D eigenvalue weighted by atomic mass is 9.92. The molecule has 2 aromatic rings. The van der Waals surface area contributed by atoms with Crippen molar-refractivity contribution in [3.63, 3.8) is 0 Å². The van der Waals surface area contributed by atoms with Crippen LogP contribution >= 0.6 is 0 Å². The van der Waals surface area contributed by atoms with Gasteiger partial charge in [-0.1, -0.05) is 0 Å². The van der Waals surface area contributed by atoms with Crippen molar-refractivity contribution in [2.75, 3.05) is 24.5 Å². The smallest absolute Gasteiger partial charge is 0.257 e. The van der Waals surface area contributed by atoms with Gasteiger partial charge in [-0.3, -0.25) is 4.79 Å². The van der Waals surface area contributed by atoms with Gasteiger partial charge in [0.1, 0.15) is 11.6 Å². The fourth-order valence-corrected chi connectivity index (χ4v) is 4.01. The van der Waals surface area contributed by atoms with Gasteiger partial charge in [-0.2, -0.15) is 0 Å². The maximum atomic E-state index is 14.1. The van der Waals surface area contributed by atoms with Crippen LogP contribution < -0.4 is 4.90 Å². The monoisotopic (exact) mass is 361 g/mol. The molecule has 0 N–H and O–H groups in total. The highest BCUT2D eigenvalue weighted by molar-refractivity contribution is 5.95. The Bertz CT molecular complexity index is 845. The van der Waals surface area contributed by atoms with Crippen LogP contribution in [0.15, 0.2) is 36.5 Å². The van der Waals surface area contributed by atoms with Crippen molar-refractivity contribution in [3.8, 4) is 0 Å². The summed E-state index contributed by atoms with van der Waals surface area (Å²) in [6, 6.07) is 5.74. The average Bonchev–Trinajstić information content (AvgIpc) is 3.05. The number of carbonyl (C=O) groups is 1. The number of likely N-dealkylation sites (tertiary alicyclic amines) is 1. The highest BCUT2D eigenvalue weighted by Gasteiger charge is 2.41. The summed E-state index contributed by atoms with van der Waals surface area (Å²) in [4.78, 5) is 20.4. The summed E-state index contributed by atoms with van der Waals surface area (Å²) in [5.41, 5.74) is -0.131. The first-order valence-electron chi connectivity index (χ1n) is 8.66. The Morgan fingerprint density at radius 2 is 1.88 bits per heavy atom. The summed E-state index contributed by atoms with van der Waals surface area (Å²) in [6.07, 6.45) is 3.18. The molecule has 4 rings (SSSR count). The number of benzene rings is 1. The molecule has 3 heterocycles. The zero-order chi connectivity index (χ0) is 18.3. The fourth-order valence-electron chi connectivity index (χ4n) is 4.01. The molecule has 2 aliphatic heterocycles. The minimum atomic E-state index is -0.859. The van der Waals surface area contributed by atoms with Gasteiger partial charge in [0.25, 0.3) is 5.91 Å². The van der Waals surface area contributed by atoms with Crippen LogP contribution in [-0.4, -0.2) is 41.5 Å². The van der Waals surface area contributed by atoms with E-state index in [-0.39, 0.29) is 17.4 Å². The van der Waals surface area contributed by atoms with Crippen LogP contribution in [0.4, 0.5) is 19.0 Å². The predicted molar refractivity (Wildman–Crippen MR) is 90.3 cm³/mol. The van der Waals surface area contributed by atoms with Crippen molar-refractivity contribution in [3.05, 3.63) is 59.5 Å². The van der Waals surface area contributed by atoms with Gasteiger partial charge in [0, 0.05) is 31.9 Å². The zero-order valence-corrected chi connectivity index (χ0v) is 14.0. The van der Waals surface area contributed by atoms with E-state index in [9.17, 15) is 18.0 Å². The van der Waals surface area contributed by atoms with E-state index in [2.05, 4.69) is 4.98 Å². The molecule has 2 atom stereocenters. The van der Waals surface area contributed by atoms with Crippen molar-refractivity contribution in [2.45, 2.75) is 18.9 Å². The minimum Gasteiger partial charge on any atom is -0.352 e. The molecule has 0 saturated carbocycles. The number of piperidine rings is 1. The van der Waals surface area contributed by atoms with Crippen LogP contribution in [0.1, 0.15) is 23.2 Å². The molecular formula is C19H18F3N3O. The highest BCUT2D eigenvalue weighted by Crippen LogP contribution is 2.34. The molecule has 2 unspecified atom stereocenters. The lowest BCUT2D eigenvalue weighted by Gasteiger charge is -2.39. The summed E-state index contributed by atoms with van der Waals surface area (Å²) in [6.45, 7) is 1.64. The number of hydrogen-bond donors (Lipinski definition) is 0. The van der Waals surface area contributed by atoms with Gasteiger partial charge >= 0.3 is 0 Å². The molecule has 1 aromatic heterocycles. The maximum absolute atomic E-state index is 14.1. The van der Waals surface area contributed by atoms with Crippen LogP contribution in [0.3, 0.4) is 0 Å². The van der Waals surface area contributed by atoms with E-state index >= 15 is 0 Å². The Hall–Kier alpha value is -2.57. The Morgan fingerprint density at radius 1 is 1.08 bits per heavy atom. The molecule has 4 nitrogen and oxygen atoms in total. The summed E-state index contributed by atoms with van der Waals surface area (Å²) in [5.74, 6) is -1.84. The van der Waals surface area contributed by atoms with Crippen molar-refractivity contribution in [1.29, 1.82) is 0 Å². The molecule has 136 valence electrons. The molecule has 1 amide bonds. The largest absolute Gasteiger partial charge is 0.352 e. The van der Waals surface area contributed by atoms with E-state index in [1.807, 2.05) is 4.90 Å². The average molecular weight is 361 g/mol. The molecule has 7 heteroatoms. The van der Waals surface area contributed by atoms with Crippen molar-refractivity contribution in [1.82, 2.24) is 9.88 Å². The molecule has 2 saturated heterocycles. The van der Waals surface area contributed by atoms with Crippen LogP contribution in [0, 0.1) is 23.4 Å². The van der Waals surface area contributed by atoms with E-state index < -0.39 is 23.4 Å². The first-order valence-corrected chi connectivity index (χ1v) is 8.66. The number of nitrogens with zero attached hydrogens (tertiary/aromatic N) is 3. The van der Waals surface area contributed by atoms with Gasteiger partial charge in [-0.25, -0.2) is 18.2 Å². The van der Waals surface area contributed by atoms with Gasteiger partial charge < -0.3 is 9.80 Å². The molecule has 0 spiro atoms. The Labute approximate surface area is 149 Å². The number of hydrogen-bond acceptors (Lipinski definition) is 3. The SMILES string of the molecule is O=C(c1ccc(F)cc1F)N1CCC2CCN(c3ncccc3F)CC21. The number of carbonyl (C=O) groups excluding carboxylic acids is 1. The topological polar surface area (TPSA) is 36.4 Å². The first kappa shape index (κ1) is 16.9. The van der Waals surface area contributed by atoms with Gasteiger partial charge in [0.15, 0.2) is 11.6 Å². The molecule has 0 bridgehead atoms. The lowest BCUT2D eigenvalue weighted by Crippen LogP contribution is -2.50. The van der Waals surface area contributed by atoms with E-state index in [1.165, 1.54) is 24.4 Å². The summed E-state index contributed by atoms with van der Waals surface area (Å²) in [7, 11) is 0. The van der Waals surface area contributed by atoms with Gasteiger partial charge in [0.05, 0.1) is 11.6 Å². The Kier molecular flexibility index (Phi) is 4.30. The number of pyridine rings is 1. The second-order valence-corrected chi connectivity index (χ2v) is 6.78. The van der Waals surface area contributed by atoms with Gasteiger partial charge in [-0.15, -0.1) is 0 Å². The zero-order valence-electron chi connectivity index (χ0n) is 14.0. The van der Waals surface area contributed by atoms with E-state index in [0.717, 1.165) is 25.0 Å². The second-order valence-electron chi connectivity index (χ2n) is 6.78. The maximum Gasteiger partial charge on any atom is 0.257 e. The fraction of sp³-hybridized carbons (Fsp3) is 0.368. The third-order valence-corrected chi connectivity index (χ3v) is 5.32. The van der Waals surface area contributed by atoms with Gasteiger partial charge in [0.2, 0.25) is 0 Å². The summed E-state index contributed by atoms with van der Waals surface area (Å²) < 4.78 is 41.2. The van der Waals surface area contributed by atoms with Crippen molar-refractivity contribution >= 4 is 11.7 Å². The van der Waals surface area contributed by atoms with E-state index in [1.54, 1.807) is 4.90 Å². The van der Waals surface area contributed by atoms with Crippen LogP contribution in [0.2, 0.25) is 0 Å². The number of aromatic nitrogens is 1. The normalized spacial score (nSPS) is 22.4. The molecule has 1 aromatic carbocycles. The van der Waals surface area contributed by atoms with E-state index in [0.29, 0.717) is 25.6 Å². The second kappa shape index (κ2) is 6.63. The standard InChI is InChI=1S/C19H18F3N3O/c20-13-3-4-14(16(22)10-13)19(26)25-9-6-12-5-8-24(11-17(12)25)18-15(21)2-1-7-23-18/h1-4,7,10,12,17H,5-6,8-9,11H2. The third kappa shape index (κ3) is 2.91. The lowest BCUT2D eigenvalue weighted by molar-refractivity contribution is 0.0707. The van der Waals surface area contributed by atoms with Crippen LogP contribution in [0.5, 0.6) is 0 Å². The molecule has 0 radical (unpaired) electrons. The van der Waals surface area contributed by atoms with Crippen molar-refractivity contribution < 1.29 is 18.0 Å². The molecule has 2 fully saturated rings. The molecule has 26 heavy (non-hydrogen) atoms. The molecule has 2 aliphatic rings. The number of halogens is 3. The van der Waals surface area contributed by atoms with Crippen molar-refractivity contribution in [2.24, 2.45) is 5.92 Å². The van der Waals surface area contributed by atoms with E-state index in [4.69, 9.17) is 0 Å². The minimum absolute atomic E-state index is 0.131. The first-order chi connectivity index (χ1) is 12.5. The van der Waals surface area contributed by atoms with Crippen LogP contribution in [0.25, 0.3) is 0 Å². The Morgan fingerprint density at radius 3 is 2.65 bits per heavy atom. The predicted octanol–water partition coefficient (Wildman–Crippen LogP) is 3.24. The Balaban J connectivity index is 1.57. The number of fused-ring (bicyclic) bond motifs is 1. The summed E-state index contributed by atoms with van der Waals surface area (Å²) in [5, 5.41) is 0. The number of amides is 1.